The van der Waals surface area contributed by atoms with Gasteiger partial charge in [-0.3, -0.25) is 4.79 Å². The molecule has 0 saturated carbocycles. The maximum Gasteiger partial charge on any atom is 0.338 e. The first-order valence-electron chi connectivity index (χ1n) is 5.50. The predicted octanol–water partition coefficient (Wildman–Crippen LogP) is 2.70. The number of aryl methyl sites for hydroxylation is 2. The van der Waals surface area contributed by atoms with Gasteiger partial charge in [0.2, 0.25) is 5.91 Å². The van der Waals surface area contributed by atoms with E-state index in [1.54, 1.807) is 13.0 Å². The largest absolute Gasteiger partial charge is 0.478 e. The van der Waals surface area contributed by atoms with Crippen molar-refractivity contribution in [2.75, 3.05) is 5.32 Å². The van der Waals surface area contributed by atoms with E-state index in [0.29, 0.717) is 10.7 Å². The van der Waals surface area contributed by atoms with E-state index in [9.17, 15) is 9.59 Å². The maximum absolute atomic E-state index is 11.8. The second-order valence-corrected chi connectivity index (χ2v) is 6.31. The normalized spacial score (nSPS) is 10.4. The first-order chi connectivity index (χ1) is 8.95. The highest BCUT2D eigenvalue weighted by atomic mass is 32.1. The molecule has 0 aliphatic heterocycles. The topological polar surface area (TPSA) is 79.3 Å². The fourth-order valence-electron chi connectivity index (χ4n) is 1.59. The molecular formula is C12H12N2O3S2. The maximum atomic E-state index is 11.8. The lowest BCUT2D eigenvalue weighted by Gasteiger charge is -2.02. The van der Waals surface area contributed by atoms with Gasteiger partial charge in [0.15, 0.2) is 0 Å². The molecule has 2 rings (SSSR count). The second kappa shape index (κ2) is 5.50. The van der Waals surface area contributed by atoms with E-state index in [2.05, 4.69) is 10.3 Å². The molecule has 5 nitrogen and oxygen atoms in total. The molecule has 0 bridgehead atoms. The van der Waals surface area contributed by atoms with Crippen molar-refractivity contribution in [3.63, 3.8) is 0 Å². The standard InChI is InChI=1S/C12H12N2O3S2/c1-6-3-9(12(16)17)11(19-6)14-10(15)4-8-5-18-7(2)13-8/h3,5H,4H2,1-2H3,(H,14,15)(H,16,17). The third-order valence-corrected chi connectivity index (χ3v) is 4.14. The lowest BCUT2D eigenvalue weighted by atomic mass is 10.3. The minimum atomic E-state index is -1.04. The van der Waals surface area contributed by atoms with Crippen LogP contribution < -0.4 is 5.32 Å². The summed E-state index contributed by atoms with van der Waals surface area (Å²) < 4.78 is 0. The fraction of sp³-hybridized carbons (Fsp3) is 0.250. The molecule has 0 spiro atoms. The first-order valence-corrected chi connectivity index (χ1v) is 7.20. The molecule has 7 heteroatoms. The van der Waals surface area contributed by atoms with Crippen molar-refractivity contribution in [2.24, 2.45) is 0 Å². The number of amides is 1. The summed E-state index contributed by atoms with van der Waals surface area (Å²) in [4.78, 5) is 27.9. The van der Waals surface area contributed by atoms with Crippen molar-refractivity contribution in [1.29, 1.82) is 0 Å². The number of aromatic nitrogens is 1. The zero-order chi connectivity index (χ0) is 14.0. The Morgan fingerprint density at radius 1 is 1.42 bits per heavy atom. The molecule has 0 aromatic carbocycles. The Bertz CT molecular complexity index is 631. The monoisotopic (exact) mass is 296 g/mol. The first kappa shape index (κ1) is 13.7. The van der Waals surface area contributed by atoms with E-state index in [1.165, 1.54) is 22.7 Å². The average Bonchev–Trinajstić information content (AvgIpc) is 2.85. The number of hydrogen-bond acceptors (Lipinski definition) is 5. The van der Waals surface area contributed by atoms with Crippen LogP contribution in [0, 0.1) is 13.8 Å². The molecule has 2 aromatic rings. The van der Waals surface area contributed by atoms with Crippen molar-refractivity contribution in [2.45, 2.75) is 20.3 Å². The van der Waals surface area contributed by atoms with Crippen LogP contribution in [0.3, 0.4) is 0 Å². The van der Waals surface area contributed by atoms with E-state index in [4.69, 9.17) is 5.11 Å². The molecular weight excluding hydrogens is 284 g/mol. The van der Waals surface area contributed by atoms with Gasteiger partial charge in [0.05, 0.1) is 22.7 Å². The quantitative estimate of drug-likeness (QED) is 0.909. The van der Waals surface area contributed by atoms with Crippen LogP contribution in [0.2, 0.25) is 0 Å². The molecule has 2 heterocycles. The molecule has 2 N–H and O–H groups in total. The number of thiophene rings is 1. The summed E-state index contributed by atoms with van der Waals surface area (Å²) in [6, 6.07) is 1.55. The third kappa shape index (κ3) is 3.39. The van der Waals surface area contributed by atoms with E-state index in [-0.39, 0.29) is 17.9 Å². The number of hydrogen-bond donors (Lipinski definition) is 2. The average molecular weight is 296 g/mol. The molecule has 0 fully saturated rings. The summed E-state index contributed by atoms with van der Waals surface area (Å²) in [5.74, 6) is -1.29. The number of aromatic carboxylic acids is 1. The van der Waals surface area contributed by atoms with Gasteiger partial charge in [0.25, 0.3) is 0 Å². The van der Waals surface area contributed by atoms with Crippen molar-refractivity contribution < 1.29 is 14.7 Å². The summed E-state index contributed by atoms with van der Waals surface area (Å²) in [6.07, 6.45) is 0.153. The van der Waals surface area contributed by atoms with Gasteiger partial charge in [-0.05, 0) is 19.9 Å². The summed E-state index contributed by atoms with van der Waals surface area (Å²) in [5, 5.41) is 14.8. The van der Waals surface area contributed by atoms with Crippen LogP contribution in [0.4, 0.5) is 5.00 Å². The van der Waals surface area contributed by atoms with Gasteiger partial charge >= 0.3 is 5.97 Å². The number of anilines is 1. The van der Waals surface area contributed by atoms with Crippen LogP contribution in [0.25, 0.3) is 0 Å². The Hall–Kier alpha value is -1.73. The lowest BCUT2D eigenvalue weighted by molar-refractivity contribution is -0.115. The third-order valence-electron chi connectivity index (χ3n) is 2.35. The van der Waals surface area contributed by atoms with Crippen molar-refractivity contribution >= 4 is 39.6 Å². The van der Waals surface area contributed by atoms with Gasteiger partial charge in [0, 0.05) is 10.3 Å². The highest BCUT2D eigenvalue weighted by Crippen LogP contribution is 2.27. The molecule has 0 saturated heterocycles. The number of carbonyl (C=O) groups excluding carboxylic acids is 1. The van der Waals surface area contributed by atoms with Gasteiger partial charge in [-0.2, -0.15) is 0 Å². The number of carboxylic acids is 1. The van der Waals surface area contributed by atoms with Crippen LogP contribution in [0.5, 0.6) is 0 Å². The molecule has 0 aliphatic rings. The zero-order valence-electron chi connectivity index (χ0n) is 10.4. The highest BCUT2D eigenvalue weighted by molar-refractivity contribution is 7.16. The number of rotatable bonds is 4. The fourth-order valence-corrected chi connectivity index (χ4v) is 3.12. The summed E-state index contributed by atoms with van der Waals surface area (Å²) in [5.41, 5.74) is 0.829. The summed E-state index contributed by atoms with van der Waals surface area (Å²) >= 11 is 2.74. The van der Waals surface area contributed by atoms with Crippen molar-refractivity contribution in [3.8, 4) is 0 Å². The number of nitrogens with zero attached hydrogens (tertiary/aromatic N) is 1. The summed E-state index contributed by atoms with van der Waals surface area (Å²) in [6.45, 7) is 3.67. The van der Waals surface area contributed by atoms with Gasteiger partial charge in [0.1, 0.15) is 5.00 Å². The number of thiazole rings is 1. The van der Waals surface area contributed by atoms with Crippen LogP contribution in [-0.4, -0.2) is 22.0 Å². The van der Waals surface area contributed by atoms with Crippen molar-refractivity contribution in [3.05, 3.63) is 32.6 Å². The SMILES string of the molecule is Cc1cc(C(=O)O)c(NC(=O)Cc2csc(C)n2)s1. The lowest BCUT2D eigenvalue weighted by Crippen LogP contribution is -2.15. The highest BCUT2D eigenvalue weighted by Gasteiger charge is 2.16. The van der Waals surface area contributed by atoms with Crippen LogP contribution in [0.15, 0.2) is 11.4 Å². The molecule has 0 radical (unpaired) electrons. The summed E-state index contributed by atoms with van der Waals surface area (Å²) in [7, 11) is 0. The van der Waals surface area contributed by atoms with E-state index < -0.39 is 5.97 Å². The van der Waals surface area contributed by atoms with Gasteiger partial charge < -0.3 is 10.4 Å². The number of carbonyl (C=O) groups is 2. The van der Waals surface area contributed by atoms with E-state index in [1.807, 2.05) is 12.3 Å². The molecule has 2 aromatic heterocycles. The molecule has 0 atom stereocenters. The van der Waals surface area contributed by atoms with Crippen LogP contribution in [0.1, 0.15) is 25.9 Å². The molecule has 100 valence electrons. The minimum absolute atomic E-state index is 0.130. The zero-order valence-corrected chi connectivity index (χ0v) is 12.0. The van der Waals surface area contributed by atoms with Gasteiger partial charge in [-0.25, -0.2) is 9.78 Å². The molecule has 1 amide bonds. The number of nitrogens with one attached hydrogen (secondary N) is 1. The molecule has 0 aliphatic carbocycles. The van der Waals surface area contributed by atoms with E-state index >= 15 is 0 Å². The van der Waals surface area contributed by atoms with Crippen LogP contribution >= 0.6 is 22.7 Å². The Balaban J connectivity index is 2.08. The van der Waals surface area contributed by atoms with Crippen molar-refractivity contribution in [1.82, 2.24) is 4.98 Å². The van der Waals surface area contributed by atoms with E-state index in [0.717, 1.165) is 9.88 Å². The molecule has 19 heavy (non-hydrogen) atoms. The predicted molar refractivity (Wildman–Crippen MR) is 75.2 cm³/mol. The second-order valence-electron chi connectivity index (χ2n) is 3.99. The smallest absolute Gasteiger partial charge is 0.338 e. The molecule has 0 unspecified atom stereocenters. The Kier molecular flexibility index (Phi) is 3.96. The number of carboxylic acid groups (broad SMARTS) is 1. The van der Waals surface area contributed by atoms with Crippen LogP contribution in [-0.2, 0) is 11.2 Å². The Morgan fingerprint density at radius 2 is 2.16 bits per heavy atom. The Morgan fingerprint density at radius 3 is 2.74 bits per heavy atom. The van der Waals surface area contributed by atoms with Gasteiger partial charge in [-0.15, -0.1) is 22.7 Å². The minimum Gasteiger partial charge on any atom is -0.478 e. The Labute approximate surface area is 117 Å². The van der Waals surface area contributed by atoms with Gasteiger partial charge in [-0.1, -0.05) is 0 Å².